The summed E-state index contributed by atoms with van der Waals surface area (Å²) in [6.07, 6.45) is 5.34. The zero-order chi connectivity index (χ0) is 29.8. The minimum atomic E-state index is 1.02. The number of fused-ring (bicyclic) bond motifs is 5. The summed E-state index contributed by atoms with van der Waals surface area (Å²) >= 11 is 0. The molecule has 7 aromatic rings. The summed E-state index contributed by atoms with van der Waals surface area (Å²) in [7, 11) is 0. The molecule has 0 unspecified atom stereocenters. The molecular weight excluding hydrogens is 522 g/mol. The van der Waals surface area contributed by atoms with Gasteiger partial charge in [0.15, 0.2) is 6.19 Å². The van der Waals surface area contributed by atoms with Crippen molar-refractivity contribution in [2.24, 2.45) is 5.73 Å². The lowest BCUT2D eigenvalue weighted by Gasteiger charge is -2.13. The van der Waals surface area contributed by atoms with Gasteiger partial charge in [0.1, 0.15) is 0 Å². The van der Waals surface area contributed by atoms with E-state index in [-0.39, 0.29) is 0 Å². The van der Waals surface area contributed by atoms with Crippen LogP contribution in [0.15, 0.2) is 152 Å². The second-order valence-electron chi connectivity index (χ2n) is 10.4. The molecule has 1 heterocycles. The van der Waals surface area contributed by atoms with Gasteiger partial charge in [-0.3, -0.25) is 0 Å². The largest absolute Gasteiger partial charge is 0.337 e. The van der Waals surface area contributed by atoms with Crippen molar-refractivity contribution in [3.8, 4) is 34.1 Å². The van der Waals surface area contributed by atoms with Gasteiger partial charge in [0, 0.05) is 16.5 Å². The van der Waals surface area contributed by atoms with Crippen molar-refractivity contribution < 1.29 is 0 Å². The lowest BCUT2D eigenvalue weighted by molar-refractivity contribution is 1.18. The highest BCUT2D eigenvalue weighted by Crippen LogP contribution is 2.42. The number of nitrogens with two attached hydrogens (primary N) is 1. The van der Waals surface area contributed by atoms with E-state index in [4.69, 9.17) is 5.26 Å². The number of nitrogens with zero attached hydrogens (tertiary/aromatic N) is 2. The molecule has 43 heavy (non-hydrogen) atoms. The molecule has 0 radical (unpaired) electrons. The van der Waals surface area contributed by atoms with Gasteiger partial charge < -0.3 is 10.3 Å². The summed E-state index contributed by atoms with van der Waals surface area (Å²) < 4.78 is 2.43. The Labute approximate surface area is 252 Å². The van der Waals surface area contributed by atoms with E-state index in [1.54, 1.807) is 0 Å². The highest BCUT2D eigenvalue weighted by molar-refractivity contribution is 6.24. The Hall–Kier alpha value is -5.85. The molecule has 7 rings (SSSR count). The summed E-state index contributed by atoms with van der Waals surface area (Å²) in [4.78, 5) is 0. The predicted molar refractivity (Wildman–Crippen MR) is 183 cm³/mol. The second kappa shape index (κ2) is 11.9. The Morgan fingerprint density at radius 2 is 1.28 bits per heavy atom. The van der Waals surface area contributed by atoms with Crippen LogP contribution >= 0.6 is 0 Å². The number of rotatable bonds is 5. The van der Waals surface area contributed by atoms with Gasteiger partial charge in [-0.2, -0.15) is 5.26 Å². The fourth-order valence-corrected chi connectivity index (χ4v) is 5.94. The maximum atomic E-state index is 7.10. The van der Waals surface area contributed by atoms with E-state index in [2.05, 4.69) is 156 Å². The monoisotopic (exact) mass is 553 g/mol. The molecule has 2 N–H and O–H groups in total. The van der Waals surface area contributed by atoms with Gasteiger partial charge in [-0.25, -0.2) is 0 Å². The molecule has 3 heteroatoms. The number of hydrogen-bond donors (Lipinski definition) is 1. The van der Waals surface area contributed by atoms with Crippen LogP contribution < -0.4 is 5.73 Å². The zero-order valence-electron chi connectivity index (χ0n) is 24.0. The minimum absolute atomic E-state index is 1.02. The maximum absolute atomic E-state index is 7.10. The molecule has 206 valence electrons. The molecule has 0 aliphatic heterocycles. The number of allylic oxidation sites excluding steroid dienone is 3. The van der Waals surface area contributed by atoms with Crippen molar-refractivity contribution >= 4 is 38.2 Å². The van der Waals surface area contributed by atoms with Crippen LogP contribution in [-0.2, 0) is 0 Å². The first-order valence-corrected chi connectivity index (χ1v) is 14.3. The first kappa shape index (κ1) is 27.3. The van der Waals surface area contributed by atoms with Gasteiger partial charge in [0.2, 0.25) is 0 Å². The van der Waals surface area contributed by atoms with Gasteiger partial charge >= 0.3 is 0 Å². The average molecular weight is 554 g/mol. The van der Waals surface area contributed by atoms with Gasteiger partial charge in [0.05, 0.1) is 11.0 Å². The van der Waals surface area contributed by atoms with Crippen LogP contribution in [0.2, 0.25) is 0 Å². The molecule has 0 saturated carbocycles. The van der Waals surface area contributed by atoms with Gasteiger partial charge in [-0.1, -0.05) is 128 Å². The van der Waals surface area contributed by atoms with Gasteiger partial charge in [0.25, 0.3) is 0 Å². The van der Waals surface area contributed by atoms with Crippen LogP contribution in [0.1, 0.15) is 12.5 Å². The number of hydrogen-bond acceptors (Lipinski definition) is 2. The molecule has 0 bridgehead atoms. The molecule has 0 saturated heterocycles. The number of benzene rings is 6. The molecule has 0 fully saturated rings. The summed E-state index contributed by atoms with van der Waals surface area (Å²) in [5.74, 6) is 0. The first-order chi connectivity index (χ1) is 21.1. The Bertz CT molecular complexity index is 2140. The molecule has 0 amide bonds. The Kier molecular flexibility index (Phi) is 7.59. The Morgan fingerprint density at radius 3 is 1.95 bits per heavy atom. The number of nitriles is 1. The van der Waals surface area contributed by atoms with E-state index in [0.29, 0.717) is 0 Å². The fraction of sp³-hybridized carbons (Fsp3) is 0.0250. The molecule has 0 aliphatic rings. The van der Waals surface area contributed by atoms with Crippen molar-refractivity contribution in [1.29, 1.82) is 5.26 Å². The minimum Gasteiger partial charge on any atom is -0.337 e. The second-order valence-corrected chi connectivity index (χ2v) is 10.4. The van der Waals surface area contributed by atoms with Crippen molar-refractivity contribution in [3.05, 3.63) is 158 Å². The maximum Gasteiger partial charge on any atom is 0.173 e. The van der Waals surface area contributed by atoms with Crippen molar-refractivity contribution in [3.63, 3.8) is 0 Å². The van der Waals surface area contributed by atoms with Crippen LogP contribution in [0.3, 0.4) is 0 Å². The SMILES string of the molecule is C=C(/C=C\C)c1ccc(-c2cc3c(c4ccccc24)c2ccc(-c4ccccc4)cc2n3-c2ccccc2)cc1.N#CN. The molecule has 0 aliphatic carbocycles. The van der Waals surface area contributed by atoms with Crippen molar-refractivity contribution in [2.75, 3.05) is 0 Å². The smallest absolute Gasteiger partial charge is 0.173 e. The van der Waals surface area contributed by atoms with E-state index in [1.807, 2.05) is 13.0 Å². The first-order valence-electron chi connectivity index (χ1n) is 14.3. The third kappa shape index (κ3) is 5.07. The lowest BCUT2D eigenvalue weighted by Crippen LogP contribution is -1.94. The molecule has 6 aromatic carbocycles. The van der Waals surface area contributed by atoms with Gasteiger partial charge in [-0.15, -0.1) is 0 Å². The van der Waals surface area contributed by atoms with Gasteiger partial charge in [-0.05, 0) is 75.4 Å². The molecule has 0 atom stereocenters. The summed E-state index contributed by atoms with van der Waals surface area (Å²) in [5, 5.41) is 12.2. The third-order valence-corrected chi connectivity index (χ3v) is 7.83. The lowest BCUT2D eigenvalue weighted by atomic mass is 9.93. The number of aromatic nitrogens is 1. The van der Waals surface area contributed by atoms with E-state index in [1.165, 1.54) is 61.0 Å². The van der Waals surface area contributed by atoms with Crippen LogP contribution in [0.25, 0.3) is 66.1 Å². The molecule has 1 aromatic heterocycles. The average Bonchev–Trinajstić information content (AvgIpc) is 3.39. The quantitative estimate of drug-likeness (QED) is 0.131. The van der Waals surface area contributed by atoms with E-state index < -0.39 is 0 Å². The molecular formula is C40H31N3. The van der Waals surface area contributed by atoms with Crippen LogP contribution in [-0.4, -0.2) is 4.57 Å². The molecule has 0 spiro atoms. The highest BCUT2D eigenvalue weighted by Gasteiger charge is 2.18. The highest BCUT2D eigenvalue weighted by atomic mass is 15.0. The van der Waals surface area contributed by atoms with Crippen LogP contribution in [0, 0.1) is 11.5 Å². The third-order valence-electron chi connectivity index (χ3n) is 7.83. The van der Waals surface area contributed by atoms with E-state index in [0.717, 1.165) is 16.8 Å². The normalized spacial score (nSPS) is 11.0. The predicted octanol–water partition coefficient (Wildman–Crippen LogP) is 10.3. The number of para-hydroxylation sites is 1. The Balaban J connectivity index is 0.00000105. The Morgan fingerprint density at radius 1 is 0.674 bits per heavy atom. The summed E-state index contributed by atoms with van der Waals surface area (Å²) in [6.45, 7) is 6.24. The zero-order valence-corrected chi connectivity index (χ0v) is 24.0. The van der Waals surface area contributed by atoms with Crippen molar-refractivity contribution in [1.82, 2.24) is 4.57 Å². The summed E-state index contributed by atoms with van der Waals surface area (Å²) in [6, 6.07) is 48.2. The topological polar surface area (TPSA) is 54.7 Å². The molecule has 3 nitrogen and oxygen atoms in total. The summed E-state index contributed by atoms with van der Waals surface area (Å²) in [5.41, 5.74) is 14.8. The van der Waals surface area contributed by atoms with Crippen LogP contribution in [0.5, 0.6) is 0 Å². The van der Waals surface area contributed by atoms with E-state index in [9.17, 15) is 0 Å². The van der Waals surface area contributed by atoms with E-state index >= 15 is 0 Å². The van der Waals surface area contributed by atoms with Crippen LogP contribution in [0.4, 0.5) is 0 Å². The van der Waals surface area contributed by atoms with Crippen molar-refractivity contribution in [2.45, 2.75) is 6.92 Å². The standard InChI is InChI=1S/C39H29N.CH2N2/c1-3-12-27(2)28-19-21-30(22-20-28)36-26-38-39(34-18-11-10-17-33(34)36)35-24-23-31(29-13-6-4-7-14-29)25-37(35)40(38)32-15-8-5-9-16-32;2-1-3/h3-26H,2H2,1H3;2H2/b12-3-;. The fourth-order valence-electron chi connectivity index (χ4n) is 5.94.